The number of nitrogens with zero attached hydrogens (tertiary/aromatic N) is 2. The monoisotopic (exact) mass is 217 g/mol. The number of ether oxygens (including phenoxy) is 1. The molecule has 0 atom stereocenters. The Morgan fingerprint density at radius 1 is 1.69 bits per heavy atom. The van der Waals surface area contributed by atoms with E-state index < -0.39 is 5.91 Å². The number of carbonyl (C=O) groups is 1. The fourth-order valence-electron chi connectivity index (χ4n) is 1.01. The Balaban J connectivity index is 2.56. The second kappa shape index (κ2) is 6.19. The van der Waals surface area contributed by atoms with Gasteiger partial charge in [-0.15, -0.1) is 0 Å². The van der Waals surface area contributed by atoms with E-state index in [4.69, 9.17) is 10.00 Å². The molecule has 82 valence electrons. The van der Waals surface area contributed by atoms with Crippen LogP contribution in [0.2, 0.25) is 0 Å². The van der Waals surface area contributed by atoms with Gasteiger partial charge < -0.3 is 4.74 Å². The molecule has 1 N–H and O–H groups in total. The Morgan fingerprint density at radius 3 is 3.19 bits per heavy atom. The number of carbonyl (C=O) groups excluding carboxylic acids is 1. The van der Waals surface area contributed by atoms with Crippen molar-refractivity contribution in [2.24, 2.45) is 5.10 Å². The number of amides is 1. The molecule has 0 unspecified atom stereocenters. The van der Waals surface area contributed by atoms with Crippen LogP contribution in [0.4, 0.5) is 0 Å². The molecular formula is C11H11N3O2. The van der Waals surface area contributed by atoms with Gasteiger partial charge in [0.2, 0.25) is 0 Å². The highest BCUT2D eigenvalue weighted by molar-refractivity contribution is 5.83. The first kappa shape index (κ1) is 11.7. The van der Waals surface area contributed by atoms with E-state index in [9.17, 15) is 4.79 Å². The SMILES string of the molecule is COc1cccc(C=NNC(=O)CC#N)c1. The topological polar surface area (TPSA) is 74.5 Å². The van der Waals surface area contributed by atoms with Crippen molar-refractivity contribution in [1.82, 2.24) is 5.43 Å². The van der Waals surface area contributed by atoms with Gasteiger partial charge in [-0.2, -0.15) is 10.4 Å². The smallest absolute Gasteiger partial charge is 0.254 e. The average Bonchev–Trinajstić information content (AvgIpc) is 2.30. The fourth-order valence-corrected chi connectivity index (χ4v) is 1.01. The molecule has 0 spiro atoms. The number of benzene rings is 1. The third-order valence-corrected chi connectivity index (χ3v) is 1.74. The molecule has 1 amide bonds. The molecule has 1 rings (SSSR count). The van der Waals surface area contributed by atoms with E-state index in [1.165, 1.54) is 6.21 Å². The Kier molecular flexibility index (Phi) is 4.54. The van der Waals surface area contributed by atoms with Crippen molar-refractivity contribution in [2.45, 2.75) is 6.42 Å². The standard InChI is InChI=1S/C11H11N3O2/c1-16-10-4-2-3-9(7-10)8-13-14-11(15)5-6-12/h2-4,7-8H,5H2,1H3,(H,14,15). The van der Waals surface area contributed by atoms with E-state index in [-0.39, 0.29) is 6.42 Å². The Labute approximate surface area is 93.3 Å². The Bertz CT molecular complexity index is 435. The van der Waals surface area contributed by atoms with E-state index in [2.05, 4.69) is 10.5 Å². The average molecular weight is 217 g/mol. The molecule has 0 aliphatic carbocycles. The summed E-state index contributed by atoms with van der Waals surface area (Å²) < 4.78 is 5.03. The van der Waals surface area contributed by atoms with Crippen molar-refractivity contribution in [3.05, 3.63) is 29.8 Å². The first-order valence-electron chi connectivity index (χ1n) is 4.59. The molecule has 5 heteroatoms. The van der Waals surface area contributed by atoms with Crippen LogP contribution in [0.5, 0.6) is 5.75 Å². The molecule has 5 nitrogen and oxygen atoms in total. The van der Waals surface area contributed by atoms with E-state index in [1.807, 2.05) is 18.2 Å². The van der Waals surface area contributed by atoms with Crippen molar-refractivity contribution < 1.29 is 9.53 Å². The molecule has 0 radical (unpaired) electrons. The van der Waals surface area contributed by atoms with Gasteiger partial charge in [0.1, 0.15) is 12.2 Å². The molecule has 0 aromatic heterocycles. The van der Waals surface area contributed by atoms with Crippen molar-refractivity contribution in [1.29, 1.82) is 5.26 Å². The normalized spacial score (nSPS) is 9.75. The van der Waals surface area contributed by atoms with Crippen LogP contribution in [0.3, 0.4) is 0 Å². The van der Waals surface area contributed by atoms with Crippen LogP contribution >= 0.6 is 0 Å². The second-order valence-corrected chi connectivity index (χ2v) is 2.90. The maximum atomic E-state index is 10.9. The zero-order valence-electron chi connectivity index (χ0n) is 8.80. The third kappa shape index (κ3) is 3.80. The zero-order valence-corrected chi connectivity index (χ0v) is 8.80. The summed E-state index contributed by atoms with van der Waals surface area (Å²) in [6.45, 7) is 0. The molecule has 0 aliphatic rings. The summed E-state index contributed by atoms with van der Waals surface area (Å²) in [5.41, 5.74) is 3.04. The fraction of sp³-hybridized carbons (Fsp3) is 0.182. The lowest BCUT2D eigenvalue weighted by molar-refractivity contribution is -0.120. The van der Waals surface area contributed by atoms with Crippen LogP contribution in [-0.2, 0) is 4.79 Å². The van der Waals surface area contributed by atoms with Crippen molar-refractivity contribution in [3.63, 3.8) is 0 Å². The van der Waals surface area contributed by atoms with Gasteiger partial charge in [0, 0.05) is 0 Å². The number of hydrazone groups is 1. The summed E-state index contributed by atoms with van der Waals surface area (Å²) in [6.07, 6.45) is 1.28. The van der Waals surface area contributed by atoms with E-state index in [0.717, 1.165) is 5.56 Å². The first-order chi connectivity index (χ1) is 7.76. The maximum Gasteiger partial charge on any atom is 0.254 e. The van der Waals surface area contributed by atoms with Gasteiger partial charge in [-0.1, -0.05) is 12.1 Å². The molecule has 0 saturated heterocycles. The van der Waals surface area contributed by atoms with Crippen molar-refractivity contribution in [3.8, 4) is 11.8 Å². The number of nitrogens with one attached hydrogen (secondary N) is 1. The van der Waals surface area contributed by atoms with E-state index in [1.54, 1.807) is 19.2 Å². The number of hydrogen-bond donors (Lipinski definition) is 1. The number of methoxy groups -OCH3 is 1. The number of rotatable bonds is 4. The molecule has 0 aliphatic heterocycles. The molecule has 1 aromatic rings. The predicted molar refractivity (Wildman–Crippen MR) is 59.0 cm³/mol. The van der Waals surface area contributed by atoms with Crippen molar-refractivity contribution in [2.75, 3.05) is 7.11 Å². The lowest BCUT2D eigenvalue weighted by Gasteiger charge is -1.99. The molecule has 0 bridgehead atoms. The minimum atomic E-state index is -0.429. The highest BCUT2D eigenvalue weighted by Crippen LogP contribution is 2.10. The molecule has 1 aromatic carbocycles. The van der Waals surface area contributed by atoms with Crippen LogP contribution in [0, 0.1) is 11.3 Å². The van der Waals surface area contributed by atoms with Crippen LogP contribution in [0.15, 0.2) is 29.4 Å². The molecule has 0 heterocycles. The Hall–Kier alpha value is -2.35. The molecular weight excluding hydrogens is 206 g/mol. The first-order valence-corrected chi connectivity index (χ1v) is 4.59. The summed E-state index contributed by atoms with van der Waals surface area (Å²) in [5, 5.41) is 11.9. The largest absolute Gasteiger partial charge is 0.497 e. The van der Waals surface area contributed by atoms with Gasteiger partial charge in [0.15, 0.2) is 0 Å². The van der Waals surface area contributed by atoms with E-state index >= 15 is 0 Å². The lowest BCUT2D eigenvalue weighted by atomic mass is 10.2. The summed E-state index contributed by atoms with van der Waals surface area (Å²) in [6, 6.07) is 8.96. The van der Waals surface area contributed by atoms with Crippen molar-refractivity contribution >= 4 is 12.1 Å². The van der Waals surface area contributed by atoms with Gasteiger partial charge in [-0.05, 0) is 17.7 Å². The number of nitriles is 1. The second-order valence-electron chi connectivity index (χ2n) is 2.90. The summed E-state index contributed by atoms with van der Waals surface area (Å²) in [4.78, 5) is 10.9. The van der Waals surface area contributed by atoms with Gasteiger partial charge in [-0.3, -0.25) is 4.79 Å². The van der Waals surface area contributed by atoms with Crippen LogP contribution in [-0.4, -0.2) is 19.2 Å². The minimum Gasteiger partial charge on any atom is -0.497 e. The van der Waals surface area contributed by atoms with Gasteiger partial charge in [0.05, 0.1) is 19.4 Å². The van der Waals surface area contributed by atoms with Gasteiger partial charge >= 0.3 is 0 Å². The van der Waals surface area contributed by atoms with Crippen LogP contribution in [0.1, 0.15) is 12.0 Å². The minimum absolute atomic E-state index is 0.199. The molecule has 16 heavy (non-hydrogen) atoms. The highest BCUT2D eigenvalue weighted by Gasteiger charge is 1.96. The highest BCUT2D eigenvalue weighted by atomic mass is 16.5. The van der Waals surface area contributed by atoms with Crippen LogP contribution in [0.25, 0.3) is 0 Å². The van der Waals surface area contributed by atoms with E-state index in [0.29, 0.717) is 5.75 Å². The lowest BCUT2D eigenvalue weighted by Crippen LogP contribution is -2.16. The summed E-state index contributed by atoms with van der Waals surface area (Å²) >= 11 is 0. The summed E-state index contributed by atoms with van der Waals surface area (Å²) in [7, 11) is 1.57. The van der Waals surface area contributed by atoms with Gasteiger partial charge in [0.25, 0.3) is 5.91 Å². The van der Waals surface area contributed by atoms with Crippen LogP contribution < -0.4 is 10.2 Å². The molecule has 0 fully saturated rings. The number of hydrogen-bond acceptors (Lipinski definition) is 4. The maximum absolute atomic E-state index is 10.9. The molecule has 0 saturated carbocycles. The quantitative estimate of drug-likeness (QED) is 0.605. The predicted octanol–water partition coefficient (Wildman–Crippen LogP) is 1.06. The summed E-state index contributed by atoms with van der Waals surface area (Å²) in [5.74, 6) is 0.286. The third-order valence-electron chi connectivity index (χ3n) is 1.74. The zero-order chi connectivity index (χ0) is 11.8. The Morgan fingerprint density at radius 2 is 2.50 bits per heavy atom. The van der Waals surface area contributed by atoms with Gasteiger partial charge in [-0.25, -0.2) is 5.43 Å².